The number of nitrogens with zero attached hydrogens (tertiary/aromatic N) is 2. The van der Waals surface area contributed by atoms with Crippen LogP contribution in [0.5, 0.6) is 0 Å². The van der Waals surface area contributed by atoms with Crippen molar-refractivity contribution >= 4 is 23.5 Å². The maximum atomic E-state index is 13.9. The number of benzene rings is 1. The van der Waals surface area contributed by atoms with E-state index in [2.05, 4.69) is 35.4 Å². The Balaban J connectivity index is 1.53. The average molecular weight is 483 g/mol. The molecule has 3 aliphatic rings. The summed E-state index contributed by atoms with van der Waals surface area (Å²) >= 11 is 0. The zero-order valence-electron chi connectivity index (χ0n) is 21.5. The first kappa shape index (κ1) is 25.5. The normalized spacial score (nSPS) is 24.3. The SMILES string of the molecule is CC(=O)Nc1ccc2c(c1)CN(CCNC(=N)N)C(=O)C21CCN(C2CCC(C(C)C)CC2)CC1. The third kappa shape index (κ3) is 5.47. The van der Waals surface area contributed by atoms with Crippen molar-refractivity contribution in [1.29, 1.82) is 5.41 Å². The molecule has 1 aliphatic carbocycles. The summed E-state index contributed by atoms with van der Waals surface area (Å²) in [6, 6.07) is 6.66. The van der Waals surface area contributed by atoms with Gasteiger partial charge in [-0.1, -0.05) is 19.9 Å². The molecule has 0 unspecified atom stereocenters. The fourth-order valence-electron chi connectivity index (χ4n) is 6.56. The first-order valence-corrected chi connectivity index (χ1v) is 13.2. The summed E-state index contributed by atoms with van der Waals surface area (Å²) in [5, 5.41) is 13.1. The number of nitrogens with two attached hydrogens (primary N) is 1. The number of carbonyl (C=O) groups is 2. The van der Waals surface area contributed by atoms with Gasteiger partial charge in [-0.3, -0.25) is 15.0 Å². The Morgan fingerprint density at radius 2 is 1.89 bits per heavy atom. The van der Waals surface area contributed by atoms with Crippen LogP contribution in [0.2, 0.25) is 0 Å². The maximum absolute atomic E-state index is 13.9. The first-order valence-electron chi connectivity index (χ1n) is 13.2. The molecule has 0 atom stereocenters. The number of rotatable bonds is 6. The van der Waals surface area contributed by atoms with Crippen LogP contribution in [0.3, 0.4) is 0 Å². The quantitative estimate of drug-likeness (QED) is 0.368. The largest absolute Gasteiger partial charge is 0.370 e. The van der Waals surface area contributed by atoms with Crippen molar-refractivity contribution in [3.8, 4) is 0 Å². The molecule has 8 heteroatoms. The molecule has 2 aliphatic heterocycles. The molecular weight excluding hydrogens is 440 g/mol. The highest BCUT2D eigenvalue weighted by molar-refractivity contribution is 5.92. The molecule has 0 bridgehead atoms. The lowest BCUT2D eigenvalue weighted by Gasteiger charge is -2.49. The number of amides is 2. The second-order valence-electron chi connectivity index (χ2n) is 11.1. The van der Waals surface area contributed by atoms with Crippen LogP contribution in [0, 0.1) is 17.2 Å². The van der Waals surface area contributed by atoms with Gasteiger partial charge in [-0.25, -0.2) is 0 Å². The molecule has 2 heterocycles. The van der Waals surface area contributed by atoms with E-state index in [4.69, 9.17) is 11.1 Å². The number of likely N-dealkylation sites (tertiary alicyclic amines) is 1. The first-order chi connectivity index (χ1) is 16.7. The number of nitrogens with one attached hydrogen (secondary N) is 3. The van der Waals surface area contributed by atoms with Gasteiger partial charge in [0.25, 0.3) is 0 Å². The zero-order chi connectivity index (χ0) is 25.2. The van der Waals surface area contributed by atoms with Gasteiger partial charge in [-0.2, -0.15) is 0 Å². The van der Waals surface area contributed by atoms with Gasteiger partial charge in [0.05, 0.1) is 5.41 Å². The van der Waals surface area contributed by atoms with Crippen LogP contribution in [0.15, 0.2) is 18.2 Å². The van der Waals surface area contributed by atoms with Crippen LogP contribution in [-0.4, -0.2) is 59.8 Å². The summed E-state index contributed by atoms with van der Waals surface area (Å²) in [5.74, 6) is 1.62. The van der Waals surface area contributed by atoms with Crippen molar-refractivity contribution < 1.29 is 9.59 Å². The Bertz CT molecular complexity index is 945. The number of guanidine groups is 1. The van der Waals surface area contributed by atoms with Crippen molar-refractivity contribution in [2.24, 2.45) is 17.6 Å². The van der Waals surface area contributed by atoms with Gasteiger partial charge in [0.2, 0.25) is 11.8 Å². The second kappa shape index (κ2) is 10.6. The number of fused-ring (bicyclic) bond motifs is 2. The fourth-order valence-corrected chi connectivity index (χ4v) is 6.56. The predicted octanol–water partition coefficient (Wildman–Crippen LogP) is 3.02. The lowest BCUT2D eigenvalue weighted by molar-refractivity contribution is -0.142. The third-order valence-corrected chi connectivity index (χ3v) is 8.55. The molecule has 5 N–H and O–H groups in total. The van der Waals surface area contributed by atoms with E-state index >= 15 is 0 Å². The van der Waals surface area contributed by atoms with Gasteiger partial charge < -0.3 is 26.2 Å². The number of piperidine rings is 1. The van der Waals surface area contributed by atoms with Crippen molar-refractivity contribution in [3.05, 3.63) is 29.3 Å². The van der Waals surface area contributed by atoms with Crippen molar-refractivity contribution in [2.75, 3.05) is 31.5 Å². The molecule has 1 saturated carbocycles. The van der Waals surface area contributed by atoms with E-state index < -0.39 is 5.41 Å². The van der Waals surface area contributed by atoms with Crippen LogP contribution in [0.4, 0.5) is 5.69 Å². The fraction of sp³-hybridized carbons (Fsp3) is 0.667. The average Bonchev–Trinajstić information content (AvgIpc) is 2.82. The van der Waals surface area contributed by atoms with Gasteiger partial charge in [0.1, 0.15) is 0 Å². The topological polar surface area (TPSA) is 115 Å². The van der Waals surface area contributed by atoms with Crippen LogP contribution in [0.25, 0.3) is 0 Å². The summed E-state index contributed by atoms with van der Waals surface area (Å²) in [6.45, 7) is 9.52. The minimum absolute atomic E-state index is 0.0852. The van der Waals surface area contributed by atoms with Gasteiger partial charge in [-0.15, -0.1) is 0 Å². The van der Waals surface area contributed by atoms with E-state index in [0.717, 1.165) is 54.6 Å². The molecule has 0 aromatic heterocycles. The Labute approximate surface area is 209 Å². The minimum atomic E-state index is -0.524. The standard InChI is InChI=1S/C27H42N6O2/c1-18(2)20-4-7-23(8-5-20)32-13-10-27(11-14-32)24-9-6-22(31-19(3)34)16-21(24)17-33(25(27)35)15-12-30-26(28)29/h6,9,16,18,20,23H,4-5,7-8,10-15,17H2,1-3H3,(H,31,34)(H4,28,29,30). The Morgan fingerprint density at radius 3 is 2.49 bits per heavy atom. The highest BCUT2D eigenvalue weighted by Crippen LogP contribution is 2.44. The number of hydrogen-bond donors (Lipinski definition) is 4. The molecule has 2 fully saturated rings. The predicted molar refractivity (Wildman–Crippen MR) is 139 cm³/mol. The molecule has 1 aromatic rings. The molecule has 1 spiro atoms. The smallest absolute Gasteiger partial charge is 0.233 e. The molecule has 0 radical (unpaired) electrons. The van der Waals surface area contributed by atoms with Crippen LogP contribution >= 0.6 is 0 Å². The second-order valence-corrected chi connectivity index (χ2v) is 11.1. The van der Waals surface area contributed by atoms with E-state index in [0.29, 0.717) is 25.7 Å². The number of carbonyl (C=O) groups excluding carboxylic acids is 2. The van der Waals surface area contributed by atoms with Crippen LogP contribution in [-0.2, 0) is 21.5 Å². The monoisotopic (exact) mass is 482 g/mol. The minimum Gasteiger partial charge on any atom is -0.370 e. The van der Waals surface area contributed by atoms with Gasteiger partial charge in [-0.05, 0) is 86.7 Å². The highest BCUT2D eigenvalue weighted by Gasteiger charge is 2.49. The maximum Gasteiger partial charge on any atom is 0.233 e. The summed E-state index contributed by atoms with van der Waals surface area (Å²) in [6.07, 6.45) is 6.80. The molecule has 4 rings (SSSR count). The molecule has 1 saturated heterocycles. The number of hydrogen-bond acceptors (Lipinski definition) is 4. The summed E-state index contributed by atoms with van der Waals surface area (Å²) < 4.78 is 0. The van der Waals surface area contributed by atoms with E-state index in [9.17, 15) is 9.59 Å². The van der Waals surface area contributed by atoms with Crippen LogP contribution < -0.4 is 16.4 Å². The van der Waals surface area contributed by atoms with E-state index in [1.54, 1.807) is 0 Å². The molecule has 35 heavy (non-hydrogen) atoms. The van der Waals surface area contributed by atoms with Gasteiger partial charge in [0.15, 0.2) is 5.96 Å². The van der Waals surface area contributed by atoms with Crippen LogP contribution in [0.1, 0.15) is 70.4 Å². The number of anilines is 1. The van der Waals surface area contributed by atoms with E-state index in [1.807, 2.05) is 17.0 Å². The lowest BCUT2D eigenvalue weighted by Crippen LogP contribution is -2.58. The van der Waals surface area contributed by atoms with E-state index in [-0.39, 0.29) is 17.8 Å². The summed E-state index contributed by atoms with van der Waals surface area (Å²) in [7, 11) is 0. The Morgan fingerprint density at radius 1 is 1.20 bits per heavy atom. The zero-order valence-corrected chi connectivity index (χ0v) is 21.5. The summed E-state index contributed by atoms with van der Waals surface area (Å²) in [5.41, 5.74) is 7.92. The van der Waals surface area contributed by atoms with Gasteiger partial charge in [0, 0.05) is 38.3 Å². The highest BCUT2D eigenvalue weighted by atomic mass is 16.2. The molecular formula is C27H42N6O2. The van der Waals surface area contributed by atoms with Gasteiger partial charge >= 0.3 is 0 Å². The lowest BCUT2D eigenvalue weighted by atomic mass is 9.67. The molecule has 192 valence electrons. The van der Waals surface area contributed by atoms with Crippen molar-refractivity contribution in [3.63, 3.8) is 0 Å². The van der Waals surface area contributed by atoms with Crippen molar-refractivity contribution in [1.82, 2.24) is 15.1 Å². The van der Waals surface area contributed by atoms with E-state index in [1.165, 1.54) is 32.6 Å². The molecule has 2 amide bonds. The Hall–Kier alpha value is -2.61. The van der Waals surface area contributed by atoms with Crippen molar-refractivity contribution in [2.45, 2.75) is 77.3 Å². The third-order valence-electron chi connectivity index (χ3n) is 8.55. The Kier molecular flexibility index (Phi) is 7.69. The molecule has 1 aromatic carbocycles. The molecule has 8 nitrogen and oxygen atoms in total. The summed E-state index contributed by atoms with van der Waals surface area (Å²) in [4.78, 5) is 30.1.